The Balaban J connectivity index is 2.33. The number of rotatable bonds is 1. The van der Waals surface area contributed by atoms with Gasteiger partial charge in [-0.25, -0.2) is 0 Å². The van der Waals surface area contributed by atoms with Crippen LogP contribution >= 0.6 is 15.9 Å². The molecule has 5 aromatic carbocycles. The first-order valence-corrected chi connectivity index (χ1v) is 7.98. The minimum absolute atomic E-state index is 0.0683. The Kier molecular flexibility index (Phi) is 1.36. The molecule has 0 radical (unpaired) electrons. The molecule has 118 valence electrons. The molecule has 25 heavy (non-hydrogen) atoms. The van der Waals surface area contributed by atoms with Crippen LogP contribution in [0.4, 0.5) is 0 Å². The molecule has 0 spiro atoms. The van der Waals surface area contributed by atoms with Crippen LogP contribution in [-0.2, 0) is 0 Å². The minimum Gasteiger partial charge on any atom is -0.0616 e. The van der Waals surface area contributed by atoms with E-state index in [2.05, 4.69) is 15.9 Å². The van der Waals surface area contributed by atoms with Crippen molar-refractivity contribution in [2.24, 2.45) is 0 Å². The van der Waals surface area contributed by atoms with Crippen LogP contribution in [0.25, 0.3) is 43.4 Å². The highest BCUT2D eigenvalue weighted by atomic mass is 79.9. The van der Waals surface area contributed by atoms with Crippen LogP contribution < -0.4 is 0 Å². The minimum atomic E-state index is -0.738. The van der Waals surface area contributed by atoms with E-state index in [1.807, 2.05) is 0 Å². The van der Waals surface area contributed by atoms with E-state index in [-0.39, 0.29) is 37.0 Å². The molecule has 0 unspecified atom stereocenters. The van der Waals surface area contributed by atoms with E-state index in [1.54, 1.807) is 0 Å². The van der Waals surface area contributed by atoms with Crippen molar-refractivity contribution in [2.45, 2.75) is 0 Å². The lowest BCUT2D eigenvalue weighted by atomic mass is 9.89. The maximum absolute atomic E-state index is 8.84. The van der Waals surface area contributed by atoms with Crippen LogP contribution in [0, 0.1) is 0 Å². The third-order valence-corrected chi connectivity index (χ3v) is 4.67. The smallest absolute Gasteiger partial charge is 0.0616 e. The van der Waals surface area contributed by atoms with E-state index in [1.165, 1.54) is 0 Å². The van der Waals surface area contributed by atoms with Gasteiger partial charge in [-0.3, -0.25) is 0 Å². The van der Waals surface area contributed by atoms with Gasteiger partial charge in [-0.2, -0.15) is 0 Å². The summed E-state index contributed by atoms with van der Waals surface area (Å²) in [4.78, 5) is 0. The highest BCUT2D eigenvalue weighted by molar-refractivity contribution is 9.10. The zero-order valence-corrected chi connectivity index (χ0v) is 14.0. The molecule has 0 saturated carbocycles. The second kappa shape index (κ2) is 5.72. The number of benzene rings is 5. The fourth-order valence-corrected chi connectivity index (χ4v) is 3.42. The molecule has 0 bridgehead atoms. The van der Waals surface area contributed by atoms with Gasteiger partial charge in [0.15, 0.2) is 0 Å². The second-order valence-electron chi connectivity index (χ2n) is 5.19. The summed E-state index contributed by atoms with van der Waals surface area (Å²) >= 11 is 3.29. The fraction of sp³-hybridized carbons (Fsp3) is 0. The summed E-state index contributed by atoms with van der Waals surface area (Å²) in [6.45, 7) is 0. The number of fused-ring (bicyclic) bond motifs is 3. The van der Waals surface area contributed by atoms with E-state index in [0.29, 0.717) is 0 Å². The zero-order valence-electron chi connectivity index (χ0n) is 27.4. The number of halogens is 1. The van der Waals surface area contributed by atoms with Gasteiger partial charge in [-0.1, -0.05) is 90.6 Å². The van der Waals surface area contributed by atoms with Crippen LogP contribution in [0.5, 0.6) is 0 Å². The molecule has 0 aromatic heterocycles. The molecule has 0 aliphatic carbocycles. The molecule has 5 aromatic rings. The molecule has 0 nitrogen and oxygen atoms in total. The SMILES string of the molecule is [2H]c1c([2H])c([2H])c2c(-c3c4c([2H])c([2H])c([2H])c([2H])c4c(Br)c4c([2H])c([2H])c([2H])c([2H])c34)c([2H])c([2H])c([2H])c2c1[2H]. The summed E-state index contributed by atoms with van der Waals surface area (Å²) in [5, 5.41) is -1.74. The molecule has 0 atom stereocenters. The Morgan fingerprint density at radius 1 is 0.520 bits per heavy atom. The number of hydrogen-bond donors (Lipinski definition) is 0. The lowest BCUT2D eigenvalue weighted by molar-refractivity contribution is 1.69. The molecule has 1 heteroatoms. The lowest BCUT2D eigenvalue weighted by Gasteiger charge is -2.16. The van der Waals surface area contributed by atoms with E-state index in [4.69, 9.17) is 20.6 Å². The van der Waals surface area contributed by atoms with Crippen LogP contribution in [-0.4, -0.2) is 0 Å². The Bertz CT molecular complexity index is 1930. The summed E-state index contributed by atoms with van der Waals surface area (Å²) in [5.74, 6) is 0. The van der Waals surface area contributed by atoms with Gasteiger partial charge in [0.05, 0.1) is 20.6 Å². The maximum Gasteiger partial charge on any atom is 0.0630 e. The summed E-state index contributed by atoms with van der Waals surface area (Å²) in [7, 11) is 0. The molecule has 0 heterocycles. The van der Waals surface area contributed by atoms with E-state index < -0.39 is 102 Å². The molecule has 0 N–H and O–H groups in total. The van der Waals surface area contributed by atoms with Gasteiger partial charge in [0, 0.05) is 4.47 Å². The molecule has 0 fully saturated rings. The van der Waals surface area contributed by atoms with Crippen molar-refractivity contribution < 1.29 is 20.6 Å². The van der Waals surface area contributed by atoms with Crippen LogP contribution in [0.2, 0.25) is 0 Å². The highest BCUT2D eigenvalue weighted by Gasteiger charge is 2.14. The highest BCUT2D eigenvalue weighted by Crippen LogP contribution is 2.43. The summed E-state index contributed by atoms with van der Waals surface area (Å²) in [6.07, 6.45) is 0. The first-order valence-electron chi connectivity index (χ1n) is 14.7. The molecule has 5 rings (SSSR count). The van der Waals surface area contributed by atoms with Crippen molar-refractivity contribution in [3.63, 3.8) is 0 Å². The topological polar surface area (TPSA) is 0 Å². The predicted octanol–water partition coefficient (Wildman–Crippen LogP) is 7.58. The second-order valence-corrected chi connectivity index (χ2v) is 5.98. The van der Waals surface area contributed by atoms with Crippen LogP contribution in [0.15, 0.2) is 95.1 Å². The van der Waals surface area contributed by atoms with Gasteiger partial charge in [-0.15, -0.1) is 0 Å². The third kappa shape index (κ3) is 2.20. The Labute approximate surface area is 175 Å². The van der Waals surface area contributed by atoms with Crippen LogP contribution in [0.1, 0.15) is 20.6 Å². The average Bonchev–Trinajstić information content (AvgIpc) is 2.92. The van der Waals surface area contributed by atoms with Gasteiger partial charge in [0.2, 0.25) is 0 Å². The van der Waals surface area contributed by atoms with Crippen LogP contribution in [0.3, 0.4) is 0 Å². The van der Waals surface area contributed by atoms with Crippen molar-refractivity contribution >= 4 is 48.2 Å². The Hall–Kier alpha value is -2.64. The number of hydrogen-bond acceptors (Lipinski definition) is 0. The summed E-state index contributed by atoms with van der Waals surface area (Å²) in [6, 6.07) is -9.88. The van der Waals surface area contributed by atoms with Crippen molar-refractivity contribution in [2.75, 3.05) is 0 Å². The maximum atomic E-state index is 8.84. The molecule has 0 aliphatic rings. The molecule has 0 aliphatic heterocycles. The third-order valence-electron chi connectivity index (χ3n) is 3.88. The quantitative estimate of drug-likeness (QED) is 0.255. The van der Waals surface area contributed by atoms with Crippen molar-refractivity contribution in [3.8, 4) is 11.1 Å². The molecule has 0 saturated heterocycles. The van der Waals surface area contributed by atoms with Crippen molar-refractivity contribution in [1.29, 1.82) is 0 Å². The normalized spacial score (nSPS) is 19.8. The molecular formula is C24H15Br. The van der Waals surface area contributed by atoms with Gasteiger partial charge in [0.25, 0.3) is 0 Å². The zero-order chi connectivity index (χ0) is 29.9. The van der Waals surface area contributed by atoms with E-state index in [9.17, 15) is 0 Å². The Morgan fingerprint density at radius 3 is 1.64 bits per heavy atom. The predicted molar refractivity (Wildman–Crippen MR) is 112 cm³/mol. The first-order chi connectivity index (χ1) is 18.6. The largest absolute Gasteiger partial charge is 0.0630 e. The van der Waals surface area contributed by atoms with Gasteiger partial charge in [-0.05, 0) is 59.4 Å². The van der Waals surface area contributed by atoms with Crippen molar-refractivity contribution in [1.82, 2.24) is 0 Å². The monoisotopic (exact) mass is 397 g/mol. The van der Waals surface area contributed by atoms with Gasteiger partial charge in [0.1, 0.15) is 0 Å². The summed E-state index contributed by atoms with van der Waals surface area (Å²) < 4.78 is 127. The Morgan fingerprint density at radius 2 is 1.00 bits per heavy atom. The van der Waals surface area contributed by atoms with Gasteiger partial charge < -0.3 is 0 Å². The van der Waals surface area contributed by atoms with E-state index >= 15 is 0 Å². The lowest BCUT2D eigenvalue weighted by Crippen LogP contribution is -1.88. The summed E-state index contributed by atoms with van der Waals surface area (Å²) in [5.41, 5.74) is -0.749. The van der Waals surface area contributed by atoms with Crippen molar-refractivity contribution in [3.05, 3.63) is 95.1 Å². The average molecular weight is 398 g/mol. The molecular weight excluding hydrogens is 368 g/mol. The fourth-order valence-electron chi connectivity index (χ4n) is 2.83. The van der Waals surface area contributed by atoms with E-state index in [0.717, 1.165) is 0 Å². The standard InChI is InChI=1S/C24H15Br/c25-24-21-13-5-3-11-19(21)23(20-12-4-6-14-22(20)24)18-15-7-9-16-8-1-2-10-17(16)18/h1-15H/i1D,2D,3D,4D,5D,6D,7D,8D,9D,10D,11D,12D,13D,14D,15D. The molecule has 0 amide bonds. The first kappa shape index (κ1) is 5.96. The van der Waals surface area contributed by atoms with Gasteiger partial charge >= 0.3 is 0 Å².